The molecule has 162 valence electrons. The molecular weight excluding hydrogens is 412 g/mol. The highest BCUT2D eigenvalue weighted by Gasteiger charge is 2.25. The minimum absolute atomic E-state index is 0.134. The summed E-state index contributed by atoms with van der Waals surface area (Å²) in [5.74, 6) is 0.608. The monoisotopic (exact) mass is 438 g/mol. The van der Waals surface area contributed by atoms with E-state index in [0.29, 0.717) is 28.7 Å². The average molecular weight is 439 g/mol. The van der Waals surface area contributed by atoms with Crippen LogP contribution in [0.3, 0.4) is 0 Å². The number of thioether (sulfide) groups is 1. The lowest BCUT2D eigenvalue weighted by Crippen LogP contribution is -2.47. The van der Waals surface area contributed by atoms with E-state index in [1.807, 2.05) is 31.4 Å². The number of carbonyl (C=O) groups is 2. The summed E-state index contributed by atoms with van der Waals surface area (Å²) >= 11 is 1.61. The number of amides is 2. The molecule has 0 aliphatic rings. The molecule has 2 aromatic carbocycles. The van der Waals surface area contributed by atoms with Crippen LogP contribution in [0.2, 0.25) is 0 Å². The molecule has 1 aromatic heterocycles. The molecule has 0 aliphatic carbocycles. The molecule has 0 saturated carbocycles. The van der Waals surface area contributed by atoms with Crippen LogP contribution in [0.15, 0.2) is 53.3 Å². The number of aromatic amines is 1. The van der Waals surface area contributed by atoms with Crippen molar-refractivity contribution in [2.75, 3.05) is 19.1 Å². The number of benzene rings is 2. The Bertz CT molecular complexity index is 1140. The molecular formula is C23H26N4O3S. The first-order chi connectivity index (χ1) is 14.9. The zero-order chi connectivity index (χ0) is 22.4. The predicted octanol–water partition coefficient (Wildman–Crippen LogP) is 2.74. The highest BCUT2D eigenvalue weighted by atomic mass is 32.2. The topological polar surface area (TPSA) is 95.2 Å². The first-order valence-electron chi connectivity index (χ1n) is 9.98. The normalized spacial score (nSPS) is 11.8. The highest BCUT2D eigenvalue weighted by Crippen LogP contribution is 2.10. The number of fused-ring (bicyclic) bond motifs is 1. The first-order valence-corrected chi connectivity index (χ1v) is 11.4. The zero-order valence-electron chi connectivity index (χ0n) is 17.8. The van der Waals surface area contributed by atoms with Gasteiger partial charge in [-0.3, -0.25) is 14.4 Å². The first kappa shape index (κ1) is 22.6. The van der Waals surface area contributed by atoms with Gasteiger partial charge in [0.1, 0.15) is 11.9 Å². The third-order valence-electron chi connectivity index (χ3n) is 4.92. The SMILES string of the molecule is CSCC[C@H](NC(=O)c1cccc(C)c1)C(=O)N(C)Cc1nc2ccccc2c(=O)[nH]1. The molecule has 0 bridgehead atoms. The van der Waals surface area contributed by atoms with Gasteiger partial charge in [0.2, 0.25) is 5.91 Å². The Hall–Kier alpha value is -3.13. The van der Waals surface area contributed by atoms with Crippen LogP contribution in [0.25, 0.3) is 10.9 Å². The van der Waals surface area contributed by atoms with E-state index in [1.54, 1.807) is 49.1 Å². The summed E-state index contributed by atoms with van der Waals surface area (Å²) in [6, 6.07) is 13.6. The molecule has 31 heavy (non-hydrogen) atoms. The summed E-state index contributed by atoms with van der Waals surface area (Å²) in [6.45, 7) is 2.05. The number of carbonyl (C=O) groups excluding carboxylic acids is 2. The number of para-hydroxylation sites is 1. The molecule has 8 heteroatoms. The van der Waals surface area contributed by atoms with Gasteiger partial charge in [-0.25, -0.2) is 4.98 Å². The van der Waals surface area contributed by atoms with Crippen LogP contribution in [-0.2, 0) is 11.3 Å². The number of likely N-dealkylation sites (N-methyl/N-ethyl adjacent to an activating group) is 1. The molecule has 0 spiro atoms. The summed E-state index contributed by atoms with van der Waals surface area (Å²) in [6.07, 6.45) is 2.46. The van der Waals surface area contributed by atoms with Crippen molar-refractivity contribution < 1.29 is 9.59 Å². The Morgan fingerprint density at radius 1 is 1.19 bits per heavy atom. The van der Waals surface area contributed by atoms with Crippen molar-refractivity contribution in [3.8, 4) is 0 Å². The van der Waals surface area contributed by atoms with Gasteiger partial charge in [0.15, 0.2) is 0 Å². The number of rotatable bonds is 8. The third-order valence-corrected chi connectivity index (χ3v) is 5.56. The van der Waals surface area contributed by atoms with Gasteiger partial charge in [-0.1, -0.05) is 29.8 Å². The molecule has 0 radical (unpaired) electrons. The average Bonchev–Trinajstić information content (AvgIpc) is 2.76. The molecule has 0 unspecified atom stereocenters. The van der Waals surface area contributed by atoms with E-state index in [-0.39, 0.29) is 23.9 Å². The Morgan fingerprint density at radius 3 is 2.71 bits per heavy atom. The van der Waals surface area contributed by atoms with Gasteiger partial charge in [-0.15, -0.1) is 0 Å². The van der Waals surface area contributed by atoms with Crippen molar-refractivity contribution >= 4 is 34.5 Å². The molecule has 0 saturated heterocycles. The summed E-state index contributed by atoms with van der Waals surface area (Å²) in [5.41, 5.74) is 1.83. The lowest BCUT2D eigenvalue weighted by atomic mass is 10.1. The number of H-pyrrole nitrogens is 1. The second kappa shape index (κ2) is 10.3. The van der Waals surface area contributed by atoms with E-state index in [2.05, 4.69) is 15.3 Å². The zero-order valence-corrected chi connectivity index (χ0v) is 18.7. The van der Waals surface area contributed by atoms with Crippen LogP contribution in [-0.4, -0.2) is 51.8 Å². The van der Waals surface area contributed by atoms with Gasteiger partial charge in [0.25, 0.3) is 11.5 Å². The van der Waals surface area contributed by atoms with Crippen LogP contribution in [0.4, 0.5) is 0 Å². The molecule has 0 aliphatic heterocycles. The second-order valence-corrected chi connectivity index (χ2v) is 8.39. The maximum Gasteiger partial charge on any atom is 0.258 e. The van der Waals surface area contributed by atoms with Crippen molar-refractivity contribution in [1.29, 1.82) is 0 Å². The van der Waals surface area contributed by atoms with Gasteiger partial charge in [-0.2, -0.15) is 11.8 Å². The van der Waals surface area contributed by atoms with Crippen LogP contribution in [0.5, 0.6) is 0 Å². The largest absolute Gasteiger partial charge is 0.340 e. The van der Waals surface area contributed by atoms with Crippen molar-refractivity contribution in [3.05, 3.63) is 75.8 Å². The molecule has 3 aromatic rings. The van der Waals surface area contributed by atoms with Crippen molar-refractivity contribution in [2.45, 2.75) is 25.9 Å². The fraction of sp³-hybridized carbons (Fsp3) is 0.304. The van der Waals surface area contributed by atoms with Gasteiger partial charge in [0, 0.05) is 12.6 Å². The highest BCUT2D eigenvalue weighted by molar-refractivity contribution is 7.98. The van der Waals surface area contributed by atoms with E-state index < -0.39 is 6.04 Å². The molecule has 1 atom stereocenters. The lowest BCUT2D eigenvalue weighted by Gasteiger charge is -2.24. The number of nitrogens with one attached hydrogen (secondary N) is 2. The van der Waals surface area contributed by atoms with Crippen LogP contribution < -0.4 is 10.9 Å². The third kappa shape index (κ3) is 5.73. The van der Waals surface area contributed by atoms with Crippen LogP contribution >= 0.6 is 11.8 Å². The van der Waals surface area contributed by atoms with Gasteiger partial charge < -0.3 is 15.2 Å². The van der Waals surface area contributed by atoms with E-state index in [4.69, 9.17) is 0 Å². The minimum Gasteiger partial charge on any atom is -0.340 e. The number of hydrogen-bond donors (Lipinski definition) is 2. The molecule has 2 N–H and O–H groups in total. The Labute approximate surface area is 185 Å². The predicted molar refractivity (Wildman–Crippen MR) is 124 cm³/mol. The van der Waals surface area contributed by atoms with Crippen molar-refractivity contribution in [3.63, 3.8) is 0 Å². The smallest absolute Gasteiger partial charge is 0.258 e. The Kier molecular flexibility index (Phi) is 7.46. The van der Waals surface area contributed by atoms with Gasteiger partial charge in [-0.05, 0) is 49.6 Å². The minimum atomic E-state index is -0.669. The maximum absolute atomic E-state index is 13.1. The molecule has 7 nitrogen and oxygen atoms in total. The van der Waals surface area contributed by atoms with Crippen LogP contribution in [0, 0.1) is 6.92 Å². The van der Waals surface area contributed by atoms with Gasteiger partial charge in [0.05, 0.1) is 17.4 Å². The molecule has 1 heterocycles. The molecule has 0 fully saturated rings. The standard InChI is InChI=1S/C23H26N4O3S/c1-15-7-6-8-16(13-15)21(28)25-19(11-12-31-3)23(30)27(2)14-20-24-18-10-5-4-9-17(18)22(29)26-20/h4-10,13,19H,11-12,14H2,1-3H3,(H,25,28)(H,24,26,29)/t19-/m0/s1. The van der Waals surface area contributed by atoms with E-state index in [9.17, 15) is 14.4 Å². The van der Waals surface area contributed by atoms with Crippen molar-refractivity contribution in [1.82, 2.24) is 20.2 Å². The van der Waals surface area contributed by atoms with E-state index in [1.165, 1.54) is 4.90 Å². The summed E-state index contributed by atoms with van der Waals surface area (Å²) in [5, 5.41) is 3.37. The number of nitrogens with zero attached hydrogens (tertiary/aromatic N) is 2. The van der Waals surface area contributed by atoms with E-state index in [0.717, 1.165) is 11.3 Å². The molecule has 2 amide bonds. The van der Waals surface area contributed by atoms with Crippen LogP contribution in [0.1, 0.15) is 28.2 Å². The maximum atomic E-state index is 13.1. The molecule has 3 rings (SSSR count). The quantitative estimate of drug-likeness (QED) is 0.564. The number of hydrogen-bond acceptors (Lipinski definition) is 5. The lowest BCUT2D eigenvalue weighted by molar-refractivity contribution is -0.132. The van der Waals surface area contributed by atoms with E-state index >= 15 is 0 Å². The second-order valence-electron chi connectivity index (χ2n) is 7.40. The fourth-order valence-electron chi connectivity index (χ4n) is 3.30. The number of aromatic nitrogens is 2. The number of aryl methyl sites for hydroxylation is 1. The summed E-state index contributed by atoms with van der Waals surface area (Å²) in [4.78, 5) is 46.8. The Morgan fingerprint density at radius 2 is 1.97 bits per heavy atom. The Balaban J connectivity index is 1.75. The fourth-order valence-corrected chi connectivity index (χ4v) is 3.77. The summed E-state index contributed by atoms with van der Waals surface area (Å²) < 4.78 is 0. The van der Waals surface area contributed by atoms with Gasteiger partial charge >= 0.3 is 0 Å². The van der Waals surface area contributed by atoms with Crippen molar-refractivity contribution in [2.24, 2.45) is 0 Å². The summed E-state index contributed by atoms with van der Waals surface area (Å²) in [7, 11) is 1.64.